The monoisotopic (exact) mass is 264 g/mol. The standard InChI is InChI=1S/C10H20N2O4S/c1-17(14,15)8-3-9(11)10(13)12-4-2-6-16-7-5-12/h9H,2-8,11H2,1H3. The number of amides is 1. The van der Waals surface area contributed by atoms with Gasteiger partial charge in [0.2, 0.25) is 5.91 Å². The van der Waals surface area contributed by atoms with Gasteiger partial charge in [0.1, 0.15) is 9.84 Å². The van der Waals surface area contributed by atoms with E-state index in [1.807, 2.05) is 0 Å². The number of nitrogens with two attached hydrogens (primary N) is 1. The summed E-state index contributed by atoms with van der Waals surface area (Å²) in [6.45, 7) is 2.34. The molecule has 1 rings (SSSR count). The highest BCUT2D eigenvalue weighted by atomic mass is 32.2. The molecule has 6 nitrogen and oxygen atoms in total. The molecular weight excluding hydrogens is 244 g/mol. The molecule has 0 radical (unpaired) electrons. The first-order valence-electron chi connectivity index (χ1n) is 5.70. The summed E-state index contributed by atoms with van der Waals surface area (Å²) >= 11 is 0. The van der Waals surface area contributed by atoms with Crippen LogP contribution in [0.2, 0.25) is 0 Å². The normalized spacial score (nSPS) is 19.8. The molecule has 0 aromatic heterocycles. The van der Waals surface area contributed by atoms with Crippen LogP contribution in [0.4, 0.5) is 0 Å². The van der Waals surface area contributed by atoms with Crippen molar-refractivity contribution >= 4 is 15.7 Å². The summed E-state index contributed by atoms with van der Waals surface area (Å²) in [6.07, 6.45) is 2.11. The van der Waals surface area contributed by atoms with E-state index in [2.05, 4.69) is 0 Å². The van der Waals surface area contributed by atoms with Gasteiger partial charge in [0.25, 0.3) is 0 Å². The largest absolute Gasteiger partial charge is 0.380 e. The van der Waals surface area contributed by atoms with E-state index in [-0.39, 0.29) is 18.1 Å². The number of nitrogens with zero attached hydrogens (tertiary/aromatic N) is 1. The summed E-state index contributed by atoms with van der Waals surface area (Å²) in [6, 6.07) is -0.733. The zero-order chi connectivity index (χ0) is 12.9. The second-order valence-electron chi connectivity index (χ2n) is 4.32. The number of hydrogen-bond donors (Lipinski definition) is 1. The molecule has 0 aromatic carbocycles. The highest BCUT2D eigenvalue weighted by molar-refractivity contribution is 7.90. The Labute approximate surface area is 102 Å². The van der Waals surface area contributed by atoms with Gasteiger partial charge in [-0.25, -0.2) is 8.42 Å². The van der Waals surface area contributed by atoms with Crippen molar-refractivity contribution in [3.63, 3.8) is 0 Å². The fraction of sp³-hybridized carbons (Fsp3) is 0.900. The van der Waals surface area contributed by atoms with Crippen LogP contribution in [0.15, 0.2) is 0 Å². The second kappa shape index (κ2) is 6.32. The van der Waals surface area contributed by atoms with Crippen molar-refractivity contribution in [3.05, 3.63) is 0 Å². The van der Waals surface area contributed by atoms with Gasteiger partial charge in [-0.15, -0.1) is 0 Å². The Morgan fingerprint density at radius 3 is 2.76 bits per heavy atom. The number of carbonyl (C=O) groups excluding carboxylic acids is 1. The van der Waals surface area contributed by atoms with Crippen LogP contribution in [-0.4, -0.2) is 63.6 Å². The lowest BCUT2D eigenvalue weighted by Gasteiger charge is -2.23. The van der Waals surface area contributed by atoms with Crippen LogP contribution in [0.25, 0.3) is 0 Å². The van der Waals surface area contributed by atoms with Crippen molar-refractivity contribution in [3.8, 4) is 0 Å². The van der Waals surface area contributed by atoms with Crippen molar-refractivity contribution in [2.75, 3.05) is 38.3 Å². The minimum absolute atomic E-state index is 0.0513. The van der Waals surface area contributed by atoms with Crippen LogP contribution in [0.1, 0.15) is 12.8 Å². The zero-order valence-corrected chi connectivity index (χ0v) is 10.9. The van der Waals surface area contributed by atoms with Crippen LogP contribution in [0.3, 0.4) is 0 Å². The van der Waals surface area contributed by atoms with Gasteiger partial charge in [0.15, 0.2) is 0 Å². The molecule has 1 fully saturated rings. The molecule has 2 N–H and O–H groups in total. The summed E-state index contributed by atoms with van der Waals surface area (Å²) < 4.78 is 27.2. The van der Waals surface area contributed by atoms with Gasteiger partial charge in [0.05, 0.1) is 18.4 Å². The summed E-state index contributed by atoms with van der Waals surface area (Å²) in [5.41, 5.74) is 5.71. The first-order valence-corrected chi connectivity index (χ1v) is 7.76. The SMILES string of the molecule is CS(=O)(=O)CCC(N)C(=O)N1CCCOCC1. The zero-order valence-electron chi connectivity index (χ0n) is 10.1. The van der Waals surface area contributed by atoms with E-state index in [0.717, 1.165) is 12.7 Å². The maximum absolute atomic E-state index is 11.9. The highest BCUT2D eigenvalue weighted by Gasteiger charge is 2.22. The maximum Gasteiger partial charge on any atom is 0.239 e. The first-order chi connectivity index (χ1) is 7.90. The number of hydrogen-bond acceptors (Lipinski definition) is 5. The Bertz CT molecular complexity index is 347. The molecule has 1 amide bonds. The van der Waals surface area contributed by atoms with Gasteiger partial charge in [-0.05, 0) is 12.8 Å². The van der Waals surface area contributed by atoms with Gasteiger partial charge >= 0.3 is 0 Å². The van der Waals surface area contributed by atoms with E-state index >= 15 is 0 Å². The minimum Gasteiger partial charge on any atom is -0.380 e. The maximum atomic E-state index is 11.9. The Hall–Kier alpha value is -0.660. The molecule has 17 heavy (non-hydrogen) atoms. The molecule has 0 saturated carbocycles. The summed E-state index contributed by atoms with van der Waals surface area (Å²) in [7, 11) is -3.07. The average Bonchev–Trinajstić information content (AvgIpc) is 2.52. The number of carbonyl (C=O) groups is 1. The van der Waals surface area contributed by atoms with Gasteiger partial charge in [-0.2, -0.15) is 0 Å². The Kier molecular flexibility index (Phi) is 5.35. The van der Waals surface area contributed by atoms with Crippen LogP contribution in [0, 0.1) is 0 Å². The predicted molar refractivity (Wildman–Crippen MR) is 64.3 cm³/mol. The van der Waals surface area contributed by atoms with Crippen LogP contribution in [0.5, 0.6) is 0 Å². The summed E-state index contributed by atoms with van der Waals surface area (Å²) in [5.74, 6) is -0.233. The summed E-state index contributed by atoms with van der Waals surface area (Å²) in [5, 5.41) is 0. The summed E-state index contributed by atoms with van der Waals surface area (Å²) in [4.78, 5) is 13.6. The van der Waals surface area contributed by atoms with E-state index < -0.39 is 15.9 Å². The smallest absolute Gasteiger partial charge is 0.239 e. The number of rotatable bonds is 4. The van der Waals surface area contributed by atoms with Crippen molar-refractivity contribution < 1.29 is 17.9 Å². The van der Waals surface area contributed by atoms with Crippen molar-refractivity contribution in [2.24, 2.45) is 5.73 Å². The molecule has 100 valence electrons. The van der Waals surface area contributed by atoms with Crippen molar-refractivity contribution in [2.45, 2.75) is 18.9 Å². The Balaban J connectivity index is 2.44. The van der Waals surface area contributed by atoms with E-state index in [9.17, 15) is 13.2 Å². The quantitative estimate of drug-likeness (QED) is 0.703. The Morgan fingerprint density at radius 1 is 1.41 bits per heavy atom. The molecule has 0 aliphatic carbocycles. The molecule has 1 aliphatic heterocycles. The molecule has 7 heteroatoms. The second-order valence-corrected chi connectivity index (χ2v) is 6.58. The average molecular weight is 264 g/mol. The molecule has 0 aromatic rings. The lowest BCUT2D eigenvalue weighted by Crippen LogP contribution is -2.45. The molecule has 0 bridgehead atoms. The lowest BCUT2D eigenvalue weighted by atomic mass is 10.2. The van der Waals surface area contributed by atoms with Crippen molar-refractivity contribution in [1.29, 1.82) is 0 Å². The molecule has 1 unspecified atom stereocenters. The fourth-order valence-corrected chi connectivity index (χ4v) is 2.35. The fourth-order valence-electron chi connectivity index (χ4n) is 1.67. The lowest BCUT2D eigenvalue weighted by molar-refractivity contribution is -0.132. The van der Waals surface area contributed by atoms with E-state index in [4.69, 9.17) is 10.5 Å². The van der Waals surface area contributed by atoms with Crippen LogP contribution >= 0.6 is 0 Å². The molecule has 1 atom stereocenters. The highest BCUT2D eigenvalue weighted by Crippen LogP contribution is 2.04. The molecule has 1 saturated heterocycles. The van der Waals surface area contributed by atoms with Crippen LogP contribution in [-0.2, 0) is 19.4 Å². The topological polar surface area (TPSA) is 89.7 Å². The van der Waals surface area contributed by atoms with Gasteiger partial charge in [-0.3, -0.25) is 4.79 Å². The number of sulfone groups is 1. The van der Waals surface area contributed by atoms with Crippen LogP contribution < -0.4 is 5.73 Å². The molecular formula is C10H20N2O4S. The molecule has 0 spiro atoms. The van der Waals surface area contributed by atoms with Gasteiger partial charge in [-0.1, -0.05) is 0 Å². The third-order valence-electron chi connectivity index (χ3n) is 2.65. The predicted octanol–water partition coefficient (Wildman–Crippen LogP) is -1.00. The number of ether oxygens (including phenoxy) is 1. The minimum atomic E-state index is -3.07. The third kappa shape index (κ3) is 5.47. The molecule has 1 aliphatic rings. The van der Waals surface area contributed by atoms with Gasteiger partial charge in [0, 0.05) is 26.0 Å². The van der Waals surface area contributed by atoms with E-state index in [0.29, 0.717) is 26.3 Å². The Morgan fingerprint density at radius 2 is 2.12 bits per heavy atom. The van der Waals surface area contributed by atoms with E-state index in [1.54, 1.807) is 4.90 Å². The van der Waals surface area contributed by atoms with Gasteiger partial charge < -0.3 is 15.4 Å². The molecule has 1 heterocycles. The van der Waals surface area contributed by atoms with Crippen molar-refractivity contribution in [1.82, 2.24) is 4.90 Å². The van der Waals surface area contributed by atoms with E-state index in [1.165, 1.54) is 0 Å². The third-order valence-corrected chi connectivity index (χ3v) is 3.63. The first kappa shape index (κ1) is 14.4.